The summed E-state index contributed by atoms with van der Waals surface area (Å²) >= 11 is 7.11. The standard InChI is InChI=1S/C29H37ClN4O3S2/c1-2-3-4-5-18-33(22-23-12-16-31-17-13-23)26-14-19-34(20-15-26)39(36,37)28-11-10-27(38-28)21-32-29(35)24-6-8-25(30)9-7-24/h6-13,16-17,26H,2-5,14-15,18-22H2,1H3,(H,32,35). The Hall–Kier alpha value is -2.30. The van der Waals surface area contributed by atoms with Crippen molar-refractivity contribution in [2.24, 2.45) is 0 Å². The van der Waals surface area contributed by atoms with Gasteiger partial charge in [-0.15, -0.1) is 11.3 Å². The fraction of sp³-hybridized carbons (Fsp3) is 0.448. The lowest BCUT2D eigenvalue weighted by Gasteiger charge is -2.38. The van der Waals surface area contributed by atoms with Crippen LogP contribution in [0.2, 0.25) is 5.02 Å². The minimum Gasteiger partial charge on any atom is -0.347 e. The Morgan fingerprint density at radius 2 is 1.77 bits per heavy atom. The number of aromatic nitrogens is 1. The number of hydrogen-bond donors (Lipinski definition) is 1. The first kappa shape index (κ1) is 29.7. The van der Waals surface area contributed by atoms with E-state index in [2.05, 4.69) is 34.3 Å². The molecule has 3 heterocycles. The van der Waals surface area contributed by atoms with Crippen molar-refractivity contribution in [2.45, 2.75) is 68.8 Å². The molecule has 0 radical (unpaired) electrons. The highest BCUT2D eigenvalue weighted by atomic mass is 35.5. The number of piperidine rings is 1. The quantitative estimate of drug-likeness (QED) is 0.249. The van der Waals surface area contributed by atoms with Gasteiger partial charge in [0.25, 0.3) is 15.9 Å². The minimum atomic E-state index is -3.57. The van der Waals surface area contributed by atoms with Crippen LogP contribution in [0.15, 0.2) is 65.1 Å². The summed E-state index contributed by atoms with van der Waals surface area (Å²) in [5.74, 6) is -0.224. The Balaban J connectivity index is 1.33. The Morgan fingerprint density at radius 1 is 1.05 bits per heavy atom. The van der Waals surface area contributed by atoms with Gasteiger partial charge in [-0.1, -0.05) is 37.8 Å². The van der Waals surface area contributed by atoms with E-state index in [1.165, 1.54) is 36.2 Å². The Labute approximate surface area is 241 Å². The van der Waals surface area contributed by atoms with Gasteiger partial charge in [-0.05, 0) is 79.9 Å². The monoisotopic (exact) mass is 588 g/mol. The van der Waals surface area contributed by atoms with Crippen LogP contribution >= 0.6 is 22.9 Å². The Morgan fingerprint density at radius 3 is 2.46 bits per heavy atom. The number of carbonyl (C=O) groups excluding carboxylic acids is 1. The SMILES string of the molecule is CCCCCCN(Cc1ccncc1)C1CCN(S(=O)(=O)c2ccc(CNC(=O)c3ccc(Cl)cc3)s2)CC1. The summed E-state index contributed by atoms with van der Waals surface area (Å²) in [6, 6.07) is 14.6. The van der Waals surface area contributed by atoms with Crippen molar-refractivity contribution in [1.29, 1.82) is 0 Å². The van der Waals surface area contributed by atoms with Crippen molar-refractivity contribution in [3.05, 3.63) is 82.0 Å². The molecule has 39 heavy (non-hydrogen) atoms. The summed E-state index contributed by atoms with van der Waals surface area (Å²) in [7, 11) is -3.57. The van der Waals surface area contributed by atoms with Crippen LogP contribution in [0.3, 0.4) is 0 Å². The summed E-state index contributed by atoms with van der Waals surface area (Å²) in [4.78, 5) is 19.9. The minimum absolute atomic E-state index is 0.224. The van der Waals surface area contributed by atoms with E-state index in [4.69, 9.17) is 11.6 Å². The van der Waals surface area contributed by atoms with Gasteiger partial charge in [-0.25, -0.2) is 8.42 Å². The van der Waals surface area contributed by atoms with Gasteiger partial charge < -0.3 is 5.32 Å². The number of thiophene rings is 1. The summed E-state index contributed by atoms with van der Waals surface area (Å²) in [5, 5.41) is 3.42. The molecule has 0 aliphatic carbocycles. The molecule has 1 aromatic carbocycles. The average Bonchev–Trinajstić information content (AvgIpc) is 3.45. The molecular weight excluding hydrogens is 552 g/mol. The molecule has 1 aliphatic rings. The van der Waals surface area contributed by atoms with Gasteiger partial charge in [-0.3, -0.25) is 14.7 Å². The van der Waals surface area contributed by atoms with E-state index >= 15 is 0 Å². The fourth-order valence-electron chi connectivity index (χ4n) is 4.89. The molecule has 0 atom stereocenters. The van der Waals surface area contributed by atoms with Crippen LogP contribution in [-0.2, 0) is 23.1 Å². The second-order valence-electron chi connectivity index (χ2n) is 9.93. The summed E-state index contributed by atoms with van der Waals surface area (Å²) in [6.45, 7) is 5.40. The van der Waals surface area contributed by atoms with Crippen LogP contribution in [-0.4, -0.2) is 54.2 Å². The Bertz CT molecular complexity index is 1290. The van der Waals surface area contributed by atoms with E-state index in [1.807, 2.05) is 12.4 Å². The van der Waals surface area contributed by atoms with E-state index in [1.54, 1.807) is 40.7 Å². The van der Waals surface area contributed by atoms with E-state index in [9.17, 15) is 13.2 Å². The largest absolute Gasteiger partial charge is 0.347 e. The molecule has 4 rings (SSSR count). The van der Waals surface area contributed by atoms with Crippen molar-refractivity contribution < 1.29 is 13.2 Å². The molecule has 1 N–H and O–H groups in total. The van der Waals surface area contributed by atoms with Gasteiger partial charge in [-0.2, -0.15) is 4.31 Å². The lowest BCUT2D eigenvalue weighted by atomic mass is 10.0. The number of benzene rings is 1. The highest BCUT2D eigenvalue weighted by molar-refractivity contribution is 7.91. The number of halogens is 1. The average molecular weight is 589 g/mol. The molecule has 1 saturated heterocycles. The molecule has 0 spiro atoms. The predicted octanol–water partition coefficient (Wildman–Crippen LogP) is 5.96. The summed E-state index contributed by atoms with van der Waals surface area (Å²) < 4.78 is 28.8. The molecule has 1 amide bonds. The number of nitrogens with zero attached hydrogens (tertiary/aromatic N) is 3. The maximum Gasteiger partial charge on any atom is 0.252 e. The molecular formula is C29H37ClN4O3S2. The molecule has 0 unspecified atom stereocenters. The van der Waals surface area contributed by atoms with Crippen LogP contribution in [0, 0.1) is 0 Å². The molecule has 3 aromatic rings. The number of nitrogens with one attached hydrogen (secondary N) is 1. The number of unbranched alkanes of at least 4 members (excludes halogenated alkanes) is 3. The van der Waals surface area contributed by atoms with E-state index in [-0.39, 0.29) is 12.5 Å². The van der Waals surface area contributed by atoms with Crippen LogP contribution < -0.4 is 5.32 Å². The zero-order valence-electron chi connectivity index (χ0n) is 22.4. The fourth-order valence-corrected chi connectivity index (χ4v) is 7.94. The van der Waals surface area contributed by atoms with Crippen molar-refractivity contribution in [3.63, 3.8) is 0 Å². The van der Waals surface area contributed by atoms with Gasteiger partial charge in [0, 0.05) is 53.5 Å². The van der Waals surface area contributed by atoms with E-state index < -0.39 is 10.0 Å². The molecule has 2 aromatic heterocycles. The number of pyridine rings is 1. The second-order valence-corrected chi connectivity index (χ2v) is 13.7. The van der Waals surface area contributed by atoms with Crippen molar-refractivity contribution in [1.82, 2.24) is 19.5 Å². The molecule has 210 valence electrons. The third-order valence-electron chi connectivity index (χ3n) is 7.13. The van der Waals surface area contributed by atoms with E-state index in [0.717, 1.165) is 37.2 Å². The molecule has 10 heteroatoms. The zero-order valence-corrected chi connectivity index (χ0v) is 24.8. The number of carbonyl (C=O) groups is 1. The summed E-state index contributed by atoms with van der Waals surface area (Å²) in [5.41, 5.74) is 1.75. The highest BCUT2D eigenvalue weighted by Gasteiger charge is 2.32. The first-order valence-corrected chi connectivity index (χ1v) is 16.3. The van der Waals surface area contributed by atoms with Gasteiger partial charge in [0.1, 0.15) is 4.21 Å². The lowest BCUT2D eigenvalue weighted by molar-refractivity contribution is 0.0951. The smallest absolute Gasteiger partial charge is 0.252 e. The third-order valence-corrected chi connectivity index (χ3v) is 10.8. The number of hydrogen-bond acceptors (Lipinski definition) is 6. The molecule has 1 fully saturated rings. The van der Waals surface area contributed by atoms with Gasteiger partial charge in [0.2, 0.25) is 0 Å². The van der Waals surface area contributed by atoms with Crippen LogP contribution in [0.4, 0.5) is 0 Å². The van der Waals surface area contributed by atoms with Crippen LogP contribution in [0.25, 0.3) is 0 Å². The van der Waals surface area contributed by atoms with Crippen LogP contribution in [0.1, 0.15) is 66.2 Å². The molecule has 7 nitrogen and oxygen atoms in total. The zero-order chi connectivity index (χ0) is 27.7. The van der Waals surface area contributed by atoms with Gasteiger partial charge in [0.05, 0.1) is 6.54 Å². The number of rotatable bonds is 13. The van der Waals surface area contributed by atoms with Crippen molar-refractivity contribution >= 4 is 38.9 Å². The number of sulfonamides is 1. The first-order valence-electron chi connectivity index (χ1n) is 13.6. The Kier molecular flexibility index (Phi) is 10.9. The normalized spacial score (nSPS) is 15.1. The lowest BCUT2D eigenvalue weighted by Crippen LogP contribution is -2.46. The number of amides is 1. The third kappa shape index (κ3) is 8.35. The van der Waals surface area contributed by atoms with E-state index in [0.29, 0.717) is 33.9 Å². The molecule has 0 bridgehead atoms. The van der Waals surface area contributed by atoms with Gasteiger partial charge in [0.15, 0.2) is 0 Å². The van der Waals surface area contributed by atoms with Crippen molar-refractivity contribution in [2.75, 3.05) is 19.6 Å². The predicted molar refractivity (Wildman–Crippen MR) is 158 cm³/mol. The molecule has 1 aliphatic heterocycles. The first-order chi connectivity index (χ1) is 18.9. The van der Waals surface area contributed by atoms with Gasteiger partial charge >= 0.3 is 0 Å². The van der Waals surface area contributed by atoms with Crippen molar-refractivity contribution in [3.8, 4) is 0 Å². The highest BCUT2D eigenvalue weighted by Crippen LogP contribution is 2.29. The summed E-state index contributed by atoms with van der Waals surface area (Å²) in [6.07, 6.45) is 10.1. The molecule has 0 saturated carbocycles. The second kappa shape index (κ2) is 14.4. The maximum absolute atomic E-state index is 13.4. The van der Waals surface area contributed by atoms with Crippen LogP contribution in [0.5, 0.6) is 0 Å². The maximum atomic E-state index is 13.4. The topological polar surface area (TPSA) is 82.6 Å².